The summed E-state index contributed by atoms with van der Waals surface area (Å²) in [7, 11) is 0. The quantitative estimate of drug-likeness (QED) is 0.643. The number of benzene rings is 1. The van der Waals surface area contributed by atoms with Gasteiger partial charge < -0.3 is 19.8 Å². The standard InChI is InChI=1S/C10H10O4S/c11-9(12)6-15-5-7-1-3-8(4-2-7)10(13)14/h1-4H,5-6H2,(H,11,12)(H,13,14)/p-2. The molecule has 15 heavy (non-hydrogen) atoms. The van der Waals surface area contributed by atoms with Crippen molar-refractivity contribution in [1.29, 1.82) is 0 Å². The zero-order chi connectivity index (χ0) is 11.3. The van der Waals surface area contributed by atoms with Crippen LogP contribution in [0.2, 0.25) is 0 Å². The number of carboxylic acids is 2. The van der Waals surface area contributed by atoms with E-state index in [1.54, 1.807) is 12.1 Å². The predicted octanol–water partition coefficient (Wildman–Crippen LogP) is -0.967. The van der Waals surface area contributed by atoms with Gasteiger partial charge in [-0.1, -0.05) is 24.3 Å². The molecule has 0 radical (unpaired) electrons. The highest BCUT2D eigenvalue weighted by atomic mass is 32.2. The third-order valence-corrected chi connectivity index (χ3v) is 2.66. The van der Waals surface area contributed by atoms with E-state index in [-0.39, 0.29) is 11.3 Å². The number of carbonyl (C=O) groups is 2. The molecule has 1 aromatic rings. The number of aliphatic carboxylic acids is 1. The molecule has 80 valence electrons. The lowest BCUT2D eigenvalue weighted by Crippen LogP contribution is -2.24. The van der Waals surface area contributed by atoms with Gasteiger partial charge in [0.25, 0.3) is 0 Å². The Kier molecular flexibility index (Phi) is 4.17. The maximum atomic E-state index is 10.4. The lowest BCUT2D eigenvalue weighted by Gasteiger charge is -2.05. The van der Waals surface area contributed by atoms with Gasteiger partial charge in [-0.2, -0.15) is 11.8 Å². The van der Waals surface area contributed by atoms with Gasteiger partial charge in [0.05, 0.1) is 11.9 Å². The summed E-state index contributed by atoms with van der Waals surface area (Å²) in [5.74, 6) is -1.88. The van der Waals surface area contributed by atoms with Crippen molar-refractivity contribution < 1.29 is 19.8 Å². The second-order valence-corrected chi connectivity index (χ2v) is 3.83. The SMILES string of the molecule is O=C([O-])CSCc1ccc(C(=O)[O-])cc1. The average molecular weight is 224 g/mol. The minimum absolute atomic E-state index is 0.0672. The van der Waals surface area contributed by atoms with Gasteiger partial charge in [-0.15, -0.1) is 0 Å². The van der Waals surface area contributed by atoms with Crippen molar-refractivity contribution in [2.45, 2.75) is 5.75 Å². The molecule has 0 heterocycles. The molecule has 0 fully saturated rings. The Bertz CT molecular complexity index is 358. The Labute approximate surface area is 90.9 Å². The summed E-state index contributed by atoms with van der Waals surface area (Å²) in [6.45, 7) is 0. The van der Waals surface area contributed by atoms with Crippen molar-refractivity contribution in [2.75, 3.05) is 5.75 Å². The second kappa shape index (κ2) is 5.41. The Balaban J connectivity index is 2.50. The van der Waals surface area contributed by atoms with E-state index in [2.05, 4.69) is 0 Å². The molecule has 5 heteroatoms. The molecule has 0 spiro atoms. The van der Waals surface area contributed by atoms with Crippen molar-refractivity contribution in [3.63, 3.8) is 0 Å². The monoisotopic (exact) mass is 224 g/mol. The zero-order valence-corrected chi connectivity index (χ0v) is 8.58. The lowest BCUT2D eigenvalue weighted by molar-refractivity contribution is -0.301. The minimum atomic E-state index is -1.22. The van der Waals surface area contributed by atoms with Crippen LogP contribution in [0.25, 0.3) is 0 Å². The Hall–Kier alpha value is -1.49. The van der Waals surface area contributed by atoms with Gasteiger partial charge in [0.2, 0.25) is 0 Å². The van der Waals surface area contributed by atoms with E-state index in [0.717, 1.165) is 5.56 Å². The largest absolute Gasteiger partial charge is 0.549 e. The molecular weight excluding hydrogens is 216 g/mol. The van der Waals surface area contributed by atoms with Crippen LogP contribution in [0.4, 0.5) is 0 Å². The molecule has 0 aliphatic rings. The lowest BCUT2D eigenvalue weighted by atomic mass is 10.1. The molecule has 1 rings (SSSR count). The van der Waals surface area contributed by atoms with E-state index in [1.807, 2.05) is 0 Å². The molecule has 0 saturated heterocycles. The fraction of sp³-hybridized carbons (Fsp3) is 0.200. The Morgan fingerprint density at radius 2 is 1.73 bits per heavy atom. The van der Waals surface area contributed by atoms with Gasteiger partial charge in [0.15, 0.2) is 0 Å². The first kappa shape index (κ1) is 11.6. The van der Waals surface area contributed by atoms with Crippen LogP contribution in [-0.4, -0.2) is 17.7 Å². The molecule has 0 N–H and O–H groups in total. The smallest absolute Gasteiger partial charge is 0.0715 e. The number of aromatic carboxylic acids is 1. The van der Waals surface area contributed by atoms with E-state index in [1.165, 1.54) is 23.9 Å². The maximum absolute atomic E-state index is 10.4. The summed E-state index contributed by atoms with van der Waals surface area (Å²) in [5.41, 5.74) is 0.981. The first-order valence-electron chi connectivity index (χ1n) is 4.17. The molecule has 0 unspecified atom stereocenters. The topological polar surface area (TPSA) is 80.3 Å². The van der Waals surface area contributed by atoms with Crippen LogP contribution in [0.3, 0.4) is 0 Å². The summed E-state index contributed by atoms with van der Waals surface area (Å²) < 4.78 is 0. The molecule has 0 aliphatic heterocycles. The van der Waals surface area contributed by atoms with Gasteiger partial charge in [0, 0.05) is 11.5 Å². The predicted molar refractivity (Wildman–Crippen MR) is 51.9 cm³/mol. The summed E-state index contributed by atoms with van der Waals surface area (Å²) in [4.78, 5) is 20.5. The number of thioether (sulfide) groups is 1. The highest BCUT2D eigenvalue weighted by Gasteiger charge is 1.96. The molecule has 0 aromatic heterocycles. The van der Waals surface area contributed by atoms with E-state index in [9.17, 15) is 19.8 Å². The number of carboxylic acid groups (broad SMARTS) is 2. The van der Waals surface area contributed by atoms with Crippen molar-refractivity contribution in [2.24, 2.45) is 0 Å². The fourth-order valence-electron chi connectivity index (χ4n) is 0.989. The van der Waals surface area contributed by atoms with Crippen molar-refractivity contribution in [3.8, 4) is 0 Å². The molecule has 0 atom stereocenters. The number of hydrogen-bond acceptors (Lipinski definition) is 5. The van der Waals surface area contributed by atoms with Gasteiger partial charge in [-0.25, -0.2) is 0 Å². The summed E-state index contributed by atoms with van der Waals surface area (Å²) in [6, 6.07) is 6.13. The molecule has 1 aromatic carbocycles. The highest BCUT2D eigenvalue weighted by Crippen LogP contribution is 2.12. The summed E-state index contributed by atoms with van der Waals surface area (Å²) in [6.07, 6.45) is 0. The van der Waals surface area contributed by atoms with Crippen LogP contribution in [0.15, 0.2) is 24.3 Å². The molecule has 0 saturated carbocycles. The molecule has 0 aliphatic carbocycles. The van der Waals surface area contributed by atoms with Crippen LogP contribution in [0.1, 0.15) is 15.9 Å². The second-order valence-electron chi connectivity index (χ2n) is 2.85. The van der Waals surface area contributed by atoms with Crippen LogP contribution in [-0.2, 0) is 10.5 Å². The number of rotatable bonds is 5. The summed E-state index contributed by atoms with van der Waals surface area (Å²) in [5, 5.41) is 20.5. The first-order chi connectivity index (χ1) is 7.09. The zero-order valence-electron chi connectivity index (χ0n) is 7.76. The van der Waals surface area contributed by atoms with Gasteiger partial charge in [-0.3, -0.25) is 0 Å². The normalized spacial score (nSPS) is 9.87. The Morgan fingerprint density at radius 1 is 1.13 bits per heavy atom. The molecule has 0 bridgehead atoms. The minimum Gasteiger partial charge on any atom is -0.549 e. The van der Waals surface area contributed by atoms with Gasteiger partial charge in [0.1, 0.15) is 0 Å². The van der Waals surface area contributed by atoms with Crippen LogP contribution in [0, 0.1) is 0 Å². The molecular formula is C10H8O4S-2. The van der Waals surface area contributed by atoms with Crippen LogP contribution < -0.4 is 10.2 Å². The van der Waals surface area contributed by atoms with Gasteiger partial charge in [-0.05, 0) is 11.1 Å². The van der Waals surface area contributed by atoms with Crippen molar-refractivity contribution in [1.82, 2.24) is 0 Å². The van der Waals surface area contributed by atoms with Crippen molar-refractivity contribution >= 4 is 23.7 Å². The first-order valence-corrected chi connectivity index (χ1v) is 5.33. The molecule has 0 amide bonds. The maximum Gasteiger partial charge on any atom is 0.0715 e. The number of hydrogen-bond donors (Lipinski definition) is 0. The van der Waals surface area contributed by atoms with Crippen molar-refractivity contribution in [3.05, 3.63) is 35.4 Å². The van der Waals surface area contributed by atoms with E-state index in [0.29, 0.717) is 5.75 Å². The third-order valence-electron chi connectivity index (χ3n) is 1.68. The van der Waals surface area contributed by atoms with Crippen LogP contribution >= 0.6 is 11.8 Å². The van der Waals surface area contributed by atoms with E-state index < -0.39 is 11.9 Å². The molecule has 4 nitrogen and oxygen atoms in total. The van der Waals surface area contributed by atoms with E-state index in [4.69, 9.17) is 0 Å². The Morgan fingerprint density at radius 3 is 2.20 bits per heavy atom. The fourth-order valence-corrected chi connectivity index (χ4v) is 1.69. The third kappa shape index (κ3) is 4.03. The average Bonchev–Trinajstić information content (AvgIpc) is 2.18. The number of carbonyl (C=O) groups excluding carboxylic acids is 2. The van der Waals surface area contributed by atoms with E-state index >= 15 is 0 Å². The highest BCUT2D eigenvalue weighted by molar-refractivity contribution is 7.99. The summed E-state index contributed by atoms with van der Waals surface area (Å²) >= 11 is 1.20. The van der Waals surface area contributed by atoms with Crippen LogP contribution in [0.5, 0.6) is 0 Å². The van der Waals surface area contributed by atoms with Gasteiger partial charge >= 0.3 is 0 Å².